The van der Waals surface area contributed by atoms with Crippen LogP contribution in [-0.2, 0) is 17.6 Å². The fourth-order valence-electron chi connectivity index (χ4n) is 1.92. The summed E-state index contributed by atoms with van der Waals surface area (Å²) in [6.45, 7) is 0. The Morgan fingerprint density at radius 2 is 2.27 bits per heavy atom. The number of aryl methyl sites for hydroxylation is 1. The molecule has 0 spiro atoms. The van der Waals surface area contributed by atoms with Crippen LogP contribution in [-0.4, -0.2) is 16.7 Å². The van der Waals surface area contributed by atoms with Crippen molar-refractivity contribution in [1.29, 1.82) is 0 Å². The Morgan fingerprint density at radius 1 is 1.53 bits per heavy atom. The molecule has 1 aliphatic rings. The number of carboxylic acids is 1. The average Bonchev–Trinajstić information content (AvgIpc) is 2.19. The second-order valence-electron chi connectivity index (χ2n) is 3.82. The zero-order chi connectivity index (χ0) is 11.1. The first-order valence-electron chi connectivity index (χ1n) is 4.71. The molecular weight excluding hydrogens is 263 g/mol. The number of fused-ring (bicyclic) bond motifs is 1. The molecule has 0 radical (unpaired) electrons. The van der Waals surface area contributed by atoms with Gasteiger partial charge in [-0.1, -0.05) is 28.1 Å². The van der Waals surface area contributed by atoms with Gasteiger partial charge in [0.15, 0.2) is 0 Å². The summed E-state index contributed by atoms with van der Waals surface area (Å²) in [5.41, 5.74) is -0.274. The first kappa shape index (κ1) is 10.6. The molecule has 1 aromatic rings. The number of hydrogen-bond donors (Lipinski definition) is 1. The molecule has 0 saturated carbocycles. The van der Waals surface area contributed by atoms with E-state index in [4.69, 9.17) is 5.11 Å². The Kier molecular flexibility index (Phi) is 2.54. The molecule has 4 heteroatoms. The van der Waals surface area contributed by atoms with E-state index in [0.717, 1.165) is 15.6 Å². The molecule has 15 heavy (non-hydrogen) atoms. The standard InChI is InChI=1S/C11H10BrFO2/c12-9-3-1-2-7-4-5-11(13,10(14)15)6-8(7)9/h1-3H,4-6H2,(H,14,15). The minimum Gasteiger partial charge on any atom is -0.479 e. The molecule has 2 nitrogen and oxygen atoms in total. The zero-order valence-electron chi connectivity index (χ0n) is 7.96. The molecular formula is C11H10BrFO2. The second-order valence-corrected chi connectivity index (χ2v) is 4.68. The Morgan fingerprint density at radius 3 is 2.93 bits per heavy atom. The van der Waals surface area contributed by atoms with Crippen LogP contribution in [0.2, 0.25) is 0 Å². The molecule has 1 unspecified atom stereocenters. The first-order valence-corrected chi connectivity index (χ1v) is 5.51. The summed E-state index contributed by atoms with van der Waals surface area (Å²) in [5, 5.41) is 8.82. The lowest BCUT2D eigenvalue weighted by atomic mass is 9.82. The van der Waals surface area contributed by atoms with Crippen molar-refractivity contribution in [3.8, 4) is 0 Å². The van der Waals surface area contributed by atoms with E-state index in [1.165, 1.54) is 0 Å². The van der Waals surface area contributed by atoms with Crippen molar-refractivity contribution in [2.75, 3.05) is 0 Å². The largest absolute Gasteiger partial charge is 0.479 e. The van der Waals surface area contributed by atoms with Gasteiger partial charge in [-0.3, -0.25) is 0 Å². The van der Waals surface area contributed by atoms with E-state index in [1.54, 1.807) is 0 Å². The maximum absolute atomic E-state index is 13.9. The highest BCUT2D eigenvalue weighted by Crippen LogP contribution is 2.35. The van der Waals surface area contributed by atoms with E-state index < -0.39 is 11.6 Å². The van der Waals surface area contributed by atoms with Crippen molar-refractivity contribution in [1.82, 2.24) is 0 Å². The van der Waals surface area contributed by atoms with Crippen molar-refractivity contribution in [3.63, 3.8) is 0 Å². The van der Waals surface area contributed by atoms with Crippen LogP contribution in [0.15, 0.2) is 22.7 Å². The van der Waals surface area contributed by atoms with Gasteiger partial charge in [0.2, 0.25) is 5.67 Å². The summed E-state index contributed by atoms with van der Waals surface area (Å²) in [5.74, 6) is -1.36. The smallest absolute Gasteiger partial charge is 0.341 e. The number of alkyl halides is 1. The molecule has 0 heterocycles. The predicted molar refractivity (Wildman–Crippen MR) is 57.6 cm³/mol. The molecule has 1 aliphatic carbocycles. The molecule has 0 amide bonds. The Bertz CT molecular complexity index is 419. The van der Waals surface area contributed by atoms with E-state index in [2.05, 4.69) is 15.9 Å². The zero-order valence-corrected chi connectivity index (χ0v) is 9.55. The van der Waals surface area contributed by atoms with Gasteiger partial charge < -0.3 is 5.11 Å². The maximum Gasteiger partial charge on any atom is 0.341 e. The highest BCUT2D eigenvalue weighted by atomic mass is 79.9. The summed E-state index contributed by atoms with van der Waals surface area (Å²) in [7, 11) is 0. The van der Waals surface area contributed by atoms with E-state index in [1.807, 2.05) is 18.2 Å². The van der Waals surface area contributed by atoms with E-state index in [0.29, 0.717) is 6.42 Å². The number of rotatable bonds is 1. The van der Waals surface area contributed by atoms with Crippen LogP contribution in [0, 0.1) is 0 Å². The van der Waals surface area contributed by atoms with Crippen LogP contribution in [0.4, 0.5) is 4.39 Å². The lowest BCUT2D eigenvalue weighted by Gasteiger charge is -2.28. The monoisotopic (exact) mass is 272 g/mol. The van der Waals surface area contributed by atoms with Gasteiger partial charge in [-0.2, -0.15) is 0 Å². The van der Waals surface area contributed by atoms with Crippen LogP contribution in [0.25, 0.3) is 0 Å². The van der Waals surface area contributed by atoms with Gasteiger partial charge in [0.1, 0.15) is 0 Å². The van der Waals surface area contributed by atoms with Gasteiger partial charge in [0.05, 0.1) is 0 Å². The molecule has 2 rings (SSSR count). The lowest BCUT2D eigenvalue weighted by molar-refractivity contribution is -0.151. The van der Waals surface area contributed by atoms with Gasteiger partial charge in [-0.05, 0) is 30.0 Å². The van der Waals surface area contributed by atoms with Gasteiger partial charge in [-0.15, -0.1) is 0 Å². The Hall–Kier alpha value is -0.900. The quantitative estimate of drug-likeness (QED) is 0.854. The number of aliphatic carboxylic acids is 1. The van der Waals surface area contributed by atoms with Gasteiger partial charge in [0, 0.05) is 10.9 Å². The minimum atomic E-state index is -2.10. The Balaban J connectivity index is 2.42. The third kappa shape index (κ3) is 1.78. The molecule has 0 fully saturated rings. The van der Waals surface area contributed by atoms with Crippen LogP contribution < -0.4 is 0 Å². The third-order valence-corrected chi connectivity index (χ3v) is 3.59. The molecule has 0 bridgehead atoms. The third-order valence-electron chi connectivity index (χ3n) is 2.85. The van der Waals surface area contributed by atoms with E-state index in [9.17, 15) is 9.18 Å². The summed E-state index contributed by atoms with van der Waals surface area (Å²) >= 11 is 3.32. The number of benzene rings is 1. The van der Waals surface area contributed by atoms with Gasteiger partial charge in [-0.25, -0.2) is 9.18 Å². The van der Waals surface area contributed by atoms with Crippen molar-refractivity contribution in [3.05, 3.63) is 33.8 Å². The summed E-state index contributed by atoms with van der Waals surface area (Å²) < 4.78 is 14.7. The second kappa shape index (κ2) is 3.59. The van der Waals surface area contributed by atoms with E-state index in [-0.39, 0.29) is 12.8 Å². The van der Waals surface area contributed by atoms with Crippen LogP contribution in [0.3, 0.4) is 0 Å². The van der Waals surface area contributed by atoms with Crippen molar-refractivity contribution in [2.45, 2.75) is 24.9 Å². The van der Waals surface area contributed by atoms with Crippen molar-refractivity contribution >= 4 is 21.9 Å². The molecule has 0 aromatic heterocycles. The topological polar surface area (TPSA) is 37.3 Å². The highest BCUT2D eigenvalue weighted by Gasteiger charge is 2.42. The van der Waals surface area contributed by atoms with Gasteiger partial charge >= 0.3 is 5.97 Å². The van der Waals surface area contributed by atoms with Gasteiger partial charge in [0.25, 0.3) is 0 Å². The van der Waals surface area contributed by atoms with Crippen molar-refractivity contribution < 1.29 is 14.3 Å². The molecule has 0 aliphatic heterocycles. The predicted octanol–water partition coefficient (Wildman–Crippen LogP) is 2.73. The van der Waals surface area contributed by atoms with Crippen LogP contribution >= 0.6 is 15.9 Å². The van der Waals surface area contributed by atoms with E-state index >= 15 is 0 Å². The van der Waals surface area contributed by atoms with Crippen molar-refractivity contribution in [2.24, 2.45) is 0 Å². The number of carboxylic acid groups (broad SMARTS) is 1. The highest BCUT2D eigenvalue weighted by molar-refractivity contribution is 9.10. The molecule has 1 N–H and O–H groups in total. The number of hydrogen-bond acceptors (Lipinski definition) is 1. The molecule has 1 atom stereocenters. The van der Waals surface area contributed by atoms with Crippen LogP contribution in [0.5, 0.6) is 0 Å². The number of carbonyl (C=O) groups is 1. The summed E-state index contributed by atoms with van der Waals surface area (Å²) in [6.07, 6.45) is 0.502. The summed E-state index contributed by atoms with van der Waals surface area (Å²) in [6, 6.07) is 5.61. The molecule has 0 saturated heterocycles. The first-order chi connectivity index (χ1) is 7.03. The minimum absolute atomic E-state index is 0.0426. The SMILES string of the molecule is O=C(O)C1(F)CCc2cccc(Br)c2C1. The van der Waals surface area contributed by atoms with Crippen LogP contribution in [0.1, 0.15) is 17.5 Å². The fourth-order valence-corrected chi connectivity index (χ4v) is 2.47. The number of halogens is 2. The normalized spacial score (nSPS) is 24.7. The molecule has 80 valence electrons. The average molecular weight is 273 g/mol. The maximum atomic E-state index is 13.9. The lowest BCUT2D eigenvalue weighted by Crippen LogP contribution is -2.39. The Labute approximate surface area is 95.2 Å². The summed E-state index contributed by atoms with van der Waals surface area (Å²) in [4.78, 5) is 10.8. The fraction of sp³-hybridized carbons (Fsp3) is 0.364. The molecule has 1 aromatic carbocycles.